The van der Waals surface area contributed by atoms with Gasteiger partial charge in [-0.2, -0.15) is 0 Å². The maximum Gasteiger partial charge on any atom is 0.314 e. The number of hydrogen-bond donors (Lipinski definition) is 1. The molecule has 2 fully saturated rings. The molecule has 2 saturated carbocycles. The largest absolute Gasteiger partial charge is 0.481 e. The molecule has 0 aromatic carbocycles. The summed E-state index contributed by atoms with van der Waals surface area (Å²) < 4.78 is 0. The highest BCUT2D eigenvalue weighted by Gasteiger charge is 2.67. The maximum absolute atomic E-state index is 12.4. The van der Waals surface area contributed by atoms with Crippen LogP contribution in [-0.4, -0.2) is 21.5 Å². The van der Waals surface area contributed by atoms with Crippen LogP contribution in [0.25, 0.3) is 0 Å². The van der Waals surface area contributed by atoms with E-state index in [1.165, 1.54) is 44.9 Å². The number of carboxylic acid groups (broad SMARTS) is 1. The number of nitro groups is 1. The smallest absolute Gasteiger partial charge is 0.314 e. The zero-order chi connectivity index (χ0) is 20.6. The van der Waals surface area contributed by atoms with Crippen molar-refractivity contribution in [2.75, 3.05) is 0 Å². The van der Waals surface area contributed by atoms with Gasteiger partial charge in [-0.05, 0) is 48.7 Å². The number of fused-ring (bicyclic) bond motifs is 1. The van der Waals surface area contributed by atoms with Gasteiger partial charge in [-0.15, -0.1) is 0 Å². The molecular formula is C24H35NO4. The topological polar surface area (TPSA) is 80.4 Å². The Morgan fingerprint density at radius 3 is 2.69 bits per heavy atom. The van der Waals surface area contributed by atoms with E-state index < -0.39 is 22.8 Å². The van der Waals surface area contributed by atoms with Gasteiger partial charge >= 0.3 is 5.97 Å². The number of nitrogens with zero attached hydrogens (tertiary/aromatic N) is 1. The molecule has 0 saturated heterocycles. The lowest BCUT2D eigenvalue weighted by Gasteiger charge is -2.53. The molecule has 1 N–H and O–H groups in total. The minimum atomic E-state index is -1.23. The van der Waals surface area contributed by atoms with Crippen LogP contribution < -0.4 is 0 Å². The van der Waals surface area contributed by atoms with Crippen molar-refractivity contribution in [2.45, 2.75) is 89.5 Å². The summed E-state index contributed by atoms with van der Waals surface area (Å²) in [5.41, 5.74) is -1.47. The lowest BCUT2D eigenvalue weighted by molar-refractivity contribution is -0.572. The third kappa shape index (κ3) is 3.34. The molecule has 5 nitrogen and oxygen atoms in total. The molecular weight excluding hydrogens is 366 g/mol. The predicted octanol–water partition coefficient (Wildman–Crippen LogP) is 5.78. The summed E-state index contributed by atoms with van der Waals surface area (Å²) >= 11 is 0. The highest BCUT2D eigenvalue weighted by atomic mass is 16.6. The standard InChI is InChI=1S/C24H35NO4/c1-17(19-8-3-2-4-9-19)6-5-7-18-10-15-24(22(26)27)20-11-13-23(14-12-20,25(28)29)21(24)16-18/h11-13,17-19,21H,2-10,14-16H2,1H3,(H,26,27). The van der Waals surface area contributed by atoms with Gasteiger partial charge in [0, 0.05) is 11.3 Å². The monoisotopic (exact) mass is 401 g/mol. The number of aliphatic carboxylic acids is 1. The van der Waals surface area contributed by atoms with Crippen molar-refractivity contribution in [1.29, 1.82) is 0 Å². The SMILES string of the molecule is CC(CCCC1CCC2(C(=O)O)C3=CCC([N+](=O)[O-])(C=C3)C2C1)C1CCCCC1. The van der Waals surface area contributed by atoms with Crippen LogP contribution in [0, 0.1) is 39.2 Å². The van der Waals surface area contributed by atoms with Crippen molar-refractivity contribution in [3.8, 4) is 0 Å². The van der Waals surface area contributed by atoms with Crippen LogP contribution in [0.1, 0.15) is 84.0 Å². The van der Waals surface area contributed by atoms with Crippen molar-refractivity contribution in [1.82, 2.24) is 0 Å². The van der Waals surface area contributed by atoms with Crippen LogP contribution in [0.4, 0.5) is 0 Å². The van der Waals surface area contributed by atoms with Crippen molar-refractivity contribution in [2.24, 2.45) is 29.1 Å². The molecule has 0 radical (unpaired) electrons. The van der Waals surface area contributed by atoms with E-state index in [1.54, 1.807) is 12.2 Å². The average Bonchev–Trinajstić information content (AvgIpc) is 2.74. The van der Waals surface area contributed by atoms with Gasteiger partial charge in [0.05, 0.1) is 5.92 Å². The summed E-state index contributed by atoms with van der Waals surface area (Å²) in [6.07, 6.45) is 18.1. The minimum Gasteiger partial charge on any atom is -0.481 e. The van der Waals surface area contributed by atoms with E-state index in [9.17, 15) is 20.0 Å². The van der Waals surface area contributed by atoms with Crippen LogP contribution >= 0.6 is 0 Å². The Balaban J connectivity index is 1.42. The quantitative estimate of drug-likeness (QED) is 0.433. The first kappa shape index (κ1) is 20.6. The molecule has 5 aliphatic rings. The minimum absolute atomic E-state index is 0.203. The fourth-order valence-corrected chi connectivity index (χ4v) is 7.04. The average molecular weight is 402 g/mol. The third-order valence-electron chi connectivity index (χ3n) is 8.88. The molecule has 5 atom stereocenters. The van der Waals surface area contributed by atoms with Gasteiger partial charge in [-0.1, -0.05) is 70.4 Å². The van der Waals surface area contributed by atoms with Crippen molar-refractivity contribution >= 4 is 5.97 Å². The second kappa shape index (κ2) is 7.88. The Hall–Kier alpha value is -1.65. The first-order chi connectivity index (χ1) is 13.9. The molecule has 5 heteroatoms. The number of carboxylic acids is 1. The summed E-state index contributed by atoms with van der Waals surface area (Å²) in [4.78, 5) is 24.2. The highest BCUT2D eigenvalue weighted by Crippen LogP contribution is 2.61. The molecule has 160 valence electrons. The summed E-state index contributed by atoms with van der Waals surface area (Å²) in [7, 11) is 0. The van der Waals surface area contributed by atoms with Gasteiger partial charge < -0.3 is 5.11 Å². The predicted molar refractivity (Wildman–Crippen MR) is 112 cm³/mol. The molecule has 5 unspecified atom stereocenters. The first-order valence-corrected chi connectivity index (χ1v) is 11.7. The van der Waals surface area contributed by atoms with Crippen LogP contribution in [-0.2, 0) is 4.79 Å². The lowest BCUT2D eigenvalue weighted by Crippen LogP contribution is -2.61. The second-order valence-electron chi connectivity index (χ2n) is 10.2. The van der Waals surface area contributed by atoms with Gasteiger partial charge in [0.25, 0.3) is 0 Å². The fourth-order valence-electron chi connectivity index (χ4n) is 7.04. The van der Waals surface area contributed by atoms with Crippen LogP contribution in [0.3, 0.4) is 0 Å². The Bertz CT molecular complexity index is 722. The Morgan fingerprint density at radius 1 is 1.31 bits per heavy atom. The zero-order valence-electron chi connectivity index (χ0n) is 17.6. The molecule has 29 heavy (non-hydrogen) atoms. The van der Waals surface area contributed by atoms with E-state index >= 15 is 0 Å². The number of allylic oxidation sites excluding steroid dienone is 1. The Labute approximate surface area is 173 Å². The third-order valence-corrected chi connectivity index (χ3v) is 8.88. The van der Waals surface area contributed by atoms with E-state index in [1.807, 2.05) is 6.08 Å². The molecule has 0 aliphatic heterocycles. The van der Waals surface area contributed by atoms with E-state index in [0.717, 1.165) is 30.3 Å². The molecule has 2 bridgehead atoms. The molecule has 0 aromatic rings. The van der Waals surface area contributed by atoms with E-state index in [-0.39, 0.29) is 4.92 Å². The lowest BCUT2D eigenvalue weighted by atomic mass is 9.48. The van der Waals surface area contributed by atoms with Gasteiger partial charge in [-0.3, -0.25) is 14.9 Å². The first-order valence-electron chi connectivity index (χ1n) is 11.7. The Morgan fingerprint density at radius 2 is 2.07 bits per heavy atom. The maximum atomic E-state index is 12.4. The molecule has 0 aromatic heterocycles. The molecule has 5 aliphatic carbocycles. The molecule has 0 amide bonds. The van der Waals surface area contributed by atoms with Gasteiger partial charge in [0.1, 0.15) is 5.41 Å². The van der Waals surface area contributed by atoms with Crippen molar-refractivity contribution < 1.29 is 14.8 Å². The van der Waals surface area contributed by atoms with Crippen LogP contribution in [0.15, 0.2) is 23.8 Å². The van der Waals surface area contributed by atoms with E-state index in [2.05, 4.69) is 6.92 Å². The van der Waals surface area contributed by atoms with Gasteiger partial charge in [0.15, 0.2) is 0 Å². The van der Waals surface area contributed by atoms with Crippen LogP contribution in [0.5, 0.6) is 0 Å². The number of hydrogen-bond acceptors (Lipinski definition) is 3. The van der Waals surface area contributed by atoms with Gasteiger partial charge in [-0.25, -0.2) is 0 Å². The number of carbonyl (C=O) groups is 1. The summed E-state index contributed by atoms with van der Waals surface area (Å²) in [5.74, 6) is 0.770. The molecule has 0 spiro atoms. The van der Waals surface area contributed by atoms with Crippen molar-refractivity contribution in [3.63, 3.8) is 0 Å². The summed E-state index contributed by atoms with van der Waals surface area (Å²) in [6.45, 7) is 2.39. The number of rotatable bonds is 7. The fraction of sp³-hybridized carbons (Fsp3) is 0.792. The summed E-state index contributed by atoms with van der Waals surface area (Å²) in [5, 5.41) is 22.2. The van der Waals surface area contributed by atoms with Crippen LogP contribution in [0.2, 0.25) is 0 Å². The highest BCUT2D eigenvalue weighted by molar-refractivity contribution is 5.82. The van der Waals surface area contributed by atoms with E-state index in [4.69, 9.17) is 0 Å². The summed E-state index contributed by atoms with van der Waals surface area (Å²) in [6, 6.07) is 0. The molecule has 0 heterocycles. The molecule has 5 rings (SSSR count). The van der Waals surface area contributed by atoms with E-state index in [0.29, 0.717) is 25.2 Å². The van der Waals surface area contributed by atoms with Crippen molar-refractivity contribution in [3.05, 3.63) is 33.9 Å². The van der Waals surface area contributed by atoms with Gasteiger partial charge in [0.2, 0.25) is 5.54 Å². The Kier molecular flexibility index (Phi) is 5.60. The zero-order valence-corrected chi connectivity index (χ0v) is 17.6. The second-order valence-corrected chi connectivity index (χ2v) is 10.2. The normalized spacial score (nSPS) is 37.6.